The molecule has 0 bridgehead atoms. The zero-order valence-electron chi connectivity index (χ0n) is 7.51. The molecule has 0 aliphatic carbocycles. The predicted octanol–water partition coefficient (Wildman–Crippen LogP) is 1.84. The Morgan fingerprint density at radius 1 is 1.67 bits per heavy atom. The lowest BCUT2D eigenvalue weighted by Crippen LogP contribution is -2.20. The van der Waals surface area contributed by atoms with E-state index in [1.165, 1.54) is 0 Å². The Hall–Kier alpha value is -0.800. The van der Waals surface area contributed by atoms with E-state index in [4.69, 9.17) is 0 Å². The number of hydrogen-bond donors (Lipinski definition) is 0. The minimum atomic E-state index is -4.36. The molecule has 0 spiro atoms. The van der Waals surface area contributed by atoms with Crippen molar-refractivity contribution in [1.82, 2.24) is 9.78 Å². The lowest BCUT2D eigenvalue weighted by molar-refractivity contribution is -0.143. The highest BCUT2D eigenvalue weighted by Crippen LogP contribution is 2.20. The van der Waals surface area contributed by atoms with Gasteiger partial charge in [0.25, 0.3) is 0 Å². The third kappa shape index (κ3) is 3.08. The van der Waals surface area contributed by atoms with Crippen molar-refractivity contribution in [2.24, 2.45) is 0 Å². The Kier molecular flexibility index (Phi) is 3.58. The maximum absolute atomic E-state index is 12.0. The Morgan fingerprint density at radius 2 is 2.27 bits per heavy atom. The van der Waals surface area contributed by atoms with Crippen LogP contribution in [-0.2, 0) is 11.3 Å². The van der Waals surface area contributed by atoms with Gasteiger partial charge in [0.15, 0.2) is 0 Å². The molecule has 0 radical (unpaired) electrons. The van der Waals surface area contributed by atoms with E-state index in [1.54, 1.807) is 22.6 Å². The van der Waals surface area contributed by atoms with Gasteiger partial charge in [0.2, 0.25) is 0 Å². The third-order valence-corrected chi connectivity index (χ3v) is 2.65. The monoisotopic (exact) mass is 334 g/mol. The van der Waals surface area contributed by atoms with E-state index in [2.05, 4.69) is 9.84 Å². The molecule has 0 saturated heterocycles. The normalized spacial score (nSPS) is 11.5. The molecule has 84 valence electrons. The SMILES string of the molecule is COC(=O)c1cnn(CC(F)(F)F)c1I. The molecule has 1 aromatic heterocycles. The van der Waals surface area contributed by atoms with Crippen LogP contribution in [0.1, 0.15) is 10.4 Å². The number of ether oxygens (including phenoxy) is 1. The number of aromatic nitrogens is 2. The van der Waals surface area contributed by atoms with E-state index in [0.717, 1.165) is 13.3 Å². The molecule has 1 heterocycles. The average molecular weight is 334 g/mol. The van der Waals surface area contributed by atoms with Gasteiger partial charge in [0, 0.05) is 0 Å². The summed E-state index contributed by atoms with van der Waals surface area (Å²) < 4.78 is 41.3. The summed E-state index contributed by atoms with van der Waals surface area (Å²) >= 11 is 1.61. The first-order chi connectivity index (χ1) is 6.85. The molecule has 0 saturated carbocycles. The van der Waals surface area contributed by atoms with Crippen LogP contribution in [0.25, 0.3) is 0 Å². The van der Waals surface area contributed by atoms with Crippen molar-refractivity contribution < 1.29 is 22.7 Å². The minimum Gasteiger partial charge on any atom is -0.465 e. The highest BCUT2D eigenvalue weighted by atomic mass is 127. The van der Waals surface area contributed by atoms with Crippen LogP contribution in [0.2, 0.25) is 0 Å². The summed E-state index contributed by atoms with van der Waals surface area (Å²) in [6, 6.07) is 0. The summed E-state index contributed by atoms with van der Waals surface area (Å²) in [5.41, 5.74) is 0.0300. The molecule has 0 aromatic carbocycles. The summed E-state index contributed by atoms with van der Waals surface area (Å²) in [7, 11) is 1.15. The number of carbonyl (C=O) groups excluding carboxylic acids is 1. The number of methoxy groups -OCH3 is 1. The van der Waals surface area contributed by atoms with Crippen LogP contribution >= 0.6 is 22.6 Å². The Labute approximate surface area is 96.5 Å². The first-order valence-corrected chi connectivity index (χ1v) is 4.79. The maximum Gasteiger partial charge on any atom is 0.408 e. The van der Waals surface area contributed by atoms with Crippen LogP contribution in [0.4, 0.5) is 13.2 Å². The Morgan fingerprint density at radius 3 is 2.73 bits per heavy atom. The van der Waals surface area contributed by atoms with Gasteiger partial charge in [-0.2, -0.15) is 18.3 Å². The van der Waals surface area contributed by atoms with Crippen molar-refractivity contribution in [2.75, 3.05) is 7.11 Å². The van der Waals surface area contributed by atoms with E-state index in [0.29, 0.717) is 4.68 Å². The highest BCUT2D eigenvalue weighted by Gasteiger charge is 2.30. The van der Waals surface area contributed by atoms with Crippen LogP contribution in [-0.4, -0.2) is 29.0 Å². The van der Waals surface area contributed by atoms with Crippen LogP contribution in [0.3, 0.4) is 0 Å². The number of carbonyl (C=O) groups is 1. The molecule has 0 aliphatic rings. The van der Waals surface area contributed by atoms with Gasteiger partial charge < -0.3 is 4.74 Å². The van der Waals surface area contributed by atoms with E-state index in [-0.39, 0.29) is 9.26 Å². The molecule has 1 aromatic rings. The van der Waals surface area contributed by atoms with Crippen LogP contribution < -0.4 is 0 Å². The van der Waals surface area contributed by atoms with E-state index in [1.807, 2.05) is 0 Å². The predicted molar refractivity (Wildman–Crippen MR) is 52.3 cm³/mol. The van der Waals surface area contributed by atoms with E-state index >= 15 is 0 Å². The van der Waals surface area contributed by atoms with Crippen molar-refractivity contribution >= 4 is 28.6 Å². The Bertz CT molecular complexity index is 375. The molecule has 0 amide bonds. The van der Waals surface area contributed by atoms with E-state index < -0.39 is 18.7 Å². The molecule has 0 fully saturated rings. The van der Waals surface area contributed by atoms with Crippen molar-refractivity contribution in [2.45, 2.75) is 12.7 Å². The van der Waals surface area contributed by atoms with Crippen molar-refractivity contribution in [3.05, 3.63) is 15.5 Å². The zero-order chi connectivity index (χ0) is 11.6. The van der Waals surface area contributed by atoms with Gasteiger partial charge in [0.05, 0.1) is 13.3 Å². The molecular formula is C7H6F3IN2O2. The fraction of sp³-hybridized carbons (Fsp3) is 0.429. The van der Waals surface area contributed by atoms with Crippen LogP contribution in [0.5, 0.6) is 0 Å². The summed E-state index contributed by atoms with van der Waals surface area (Å²) in [4.78, 5) is 11.1. The zero-order valence-corrected chi connectivity index (χ0v) is 9.66. The topological polar surface area (TPSA) is 44.1 Å². The molecule has 4 nitrogen and oxygen atoms in total. The molecular weight excluding hydrogens is 328 g/mol. The lowest BCUT2D eigenvalue weighted by atomic mass is 10.4. The fourth-order valence-corrected chi connectivity index (χ4v) is 1.55. The van der Waals surface area contributed by atoms with E-state index in [9.17, 15) is 18.0 Å². The van der Waals surface area contributed by atoms with Gasteiger partial charge in [-0.05, 0) is 22.6 Å². The quantitative estimate of drug-likeness (QED) is 0.612. The third-order valence-electron chi connectivity index (χ3n) is 1.51. The summed E-state index contributed by atoms with van der Waals surface area (Å²) in [5.74, 6) is -0.701. The standard InChI is InChI=1S/C7H6F3IN2O2/c1-15-6(14)4-2-12-13(5(4)11)3-7(8,9)10/h2H,3H2,1H3. The second-order valence-corrected chi connectivity index (χ2v) is 3.64. The summed E-state index contributed by atoms with van der Waals surface area (Å²) in [6.45, 7) is -1.22. The van der Waals surface area contributed by atoms with Gasteiger partial charge in [-0.1, -0.05) is 0 Å². The number of nitrogens with zero attached hydrogens (tertiary/aromatic N) is 2. The number of rotatable bonds is 2. The van der Waals surface area contributed by atoms with Crippen LogP contribution in [0, 0.1) is 3.70 Å². The number of alkyl halides is 3. The maximum atomic E-state index is 12.0. The molecule has 0 aliphatic heterocycles. The molecule has 0 atom stereocenters. The number of halogens is 4. The second kappa shape index (κ2) is 4.37. The summed E-state index contributed by atoms with van der Waals surface area (Å²) in [5, 5.41) is 3.46. The fourth-order valence-electron chi connectivity index (χ4n) is 0.897. The molecule has 0 unspecified atom stereocenters. The van der Waals surface area contributed by atoms with Gasteiger partial charge in [0.1, 0.15) is 15.8 Å². The average Bonchev–Trinajstić information content (AvgIpc) is 2.45. The minimum absolute atomic E-state index is 0.0300. The van der Waals surface area contributed by atoms with Gasteiger partial charge >= 0.3 is 12.1 Å². The highest BCUT2D eigenvalue weighted by molar-refractivity contribution is 14.1. The second-order valence-electron chi connectivity index (χ2n) is 2.61. The molecule has 15 heavy (non-hydrogen) atoms. The van der Waals surface area contributed by atoms with Crippen molar-refractivity contribution in [3.8, 4) is 0 Å². The number of hydrogen-bond acceptors (Lipinski definition) is 3. The largest absolute Gasteiger partial charge is 0.465 e. The lowest BCUT2D eigenvalue weighted by Gasteiger charge is -2.07. The van der Waals surface area contributed by atoms with Crippen molar-refractivity contribution in [1.29, 1.82) is 0 Å². The van der Waals surface area contributed by atoms with Gasteiger partial charge in [-0.25, -0.2) is 9.48 Å². The first kappa shape index (κ1) is 12.3. The first-order valence-electron chi connectivity index (χ1n) is 3.71. The van der Waals surface area contributed by atoms with Crippen LogP contribution in [0.15, 0.2) is 6.20 Å². The molecule has 8 heteroatoms. The smallest absolute Gasteiger partial charge is 0.408 e. The molecule has 1 rings (SSSR count). The van der Waals surface area contributed by atoms with Gasteiger partial charge in [-0.3, -0.25) is 0 Å². The Balaban J connectivity index is 2.94. The number of esters is 1. The summed E-state index contributed by atoms with van der Waals surface area (Å²) in [6.07, 6.45) is -3.31. The molecule has 0 N–H and O–H groups in total. The van der Waals surface area contributed by atoms with Crippen molar-refractivity contribution in [3.63, 3.8) is 0 Å². The van der Waals surface area contributed by atoms with Gasteiger partial charge in [-0.15, -0.1) is 0 Å².